The van der Waals surface area contributed by atoms with Crippen LogP contribution in [0.5, 0.6) is 0 Å². The molecule has 0 radical (unpaired) electrons. The van der Waals surface area contributed by atoms with E-state index >= 15 is 0 Å². The summed E-state index contributed by atoms with van der Waals surface area (Å²) in [5, 5.41) is 13.7. The third-order valence-electron chi connectivity index (χ3n) is 5.05. The maximum Gasteiger partial charge on any atom is 0.230 e. The molecule has 1 aromatic carbocycles. The number of aromatic nitrogens is 6. The van der Waals surface area contributed by atoms with E-state index in [9.17, 15) is 0 Å². The van der Waals surface area contributed by atoms with Gasteiger partial charge in [-0.3, -0.25) is 4.98 Å². The van der Waals surface area contributed by atoms with E-state index in [2.05, 4.69) is 36.8 Å². The average Bonchev–Trinajstić information content (AvgIpc) is 3.29. The van der Waals surface area contributed by atoms with Crippen molar-refractivity contribution in [2.75, 3.05) is 0 Å². The molecule has 5 rings (SSSR count). The molecule has 0 aliphatic heterocycles. The molecule has 0 N–H and O–H groups in total. The monoisotopic (exact) mass is 406 g/mol. The van der Waals surface area contributed by atoms with Crippen LogP contribution in [0.15, 0.2) is 53.3 Å². The summed E-state index contributed by atoms with van der Waals surface area (Å²) in [7, 11) is 0. The van der Waals surface area contributed by atoms with Gasteiger partial charge in [-0.25, -0.2) is 0 Å². The van der Waals surface area contributed by atoms with Crippen LogP contribution in [0.1, 0.15) is 43.4 Å². The summed E-state index contributed by atoms with van der Waals surface area (Å²) in [5.41, 5.74) is 1.86. The highest BCUT2D eigenvalue weighted by atomic mass is 35.5. The van der Waals surface area contributed by atoms with Crippen LogP contribution in [-0.4, -0.2) is 29.9 Å². The molecule has 146 valence electrons. The summed E-state index contributed by atoms with van der Waals surface area (Å²) in [4.78, 5) is 8.67. The van der Waals surface area contributed by atoms with Gasteiger partial charge in [-0.2, -0.15) is 4.98 Å². The van der Waals surface area contributed by atoms with E-state index in [4.69, 9.17) is 16.1 Å². The first-order valence-corrected chi connectivity index (χ1v) is 10.0. The largest absolute Gasteiger partial charge is 0.339 e. The Bertz CT molecular complexity index is 1140. The van der Waals surface area contributed by atoms with Crippen LogP contribution in [0, 0.1) is 0 Å². The Morgan fingerprint density at radius 1 is 1.14 bits per heavy atom. The third-order valence-corrected chi connectivity index (χ3v) is 5.29. The molecule has 3 aromatic heterocycles. The fraction of sp³-hybridized carbons (Fsp3) is 0.286. The van der Waals surface area contributed by atoms with Crippen molar-refractivity contribution in [1.82, 2.24) is 29.9 Å². The molecule has 8 heteroatoms. The van der Waals surface area contributed by atoms with Gasteiger partial charge in [0.2, 0.25) is 11.7 Å². The zero-order valence-electron chi connectivity index (χ0n) is 15.9. The lowest BCUT2D eigenvalue weighted by atomic mass is 10.1. The van der Waals surface area contributed by atoms with E-state index in [1.165, 1.54) is 0 Å². The van der Waals surface area contributed by atoms with E-state index in [0.717, 1.165) is 35.6 Å². The molecule has 1 atom stereocenters. The van der Waals surface area contributed by atoms with Gasteiger partial charge < -0.3 is 9.09 Å². The molecule has 1 aliphatic carbocycles. The summed E-state index contributed by atoms with van der Waals surface area (Å²) >= 11 is 6.07. The molecule has 0 spiro atoms. The van der Waals surface area contributed by atoms with Crippen LogP contribution in [0.25, 0.3) is 22.8 Å². The SMILES string of the molecule is CC(Cc1nnc(-c2ccncc2)n1C1CC1)c1nc(-c2cccc(Cl)c2)no1. The number of benzene rings is 1. The lowest BCUT2D eigenvalue weighted by Gasteiger charge is -2.11. The van der Waals surface area contributed by atoms with Gasteiger partial charge in [0.25, 0.3) is 0 Å². The minimum Gasteiger partial charge on any atom is -0.339 e. The van der Waals surface area contributed by atoms with Gasteiger partial charge in [0, 0.05) is 46.9 Å². The second kappa shape index (κ2) is 7.40. The van der Waals surface area contributed by atoms with Gasteiger partial charge in [-0.1, -0.05) is 35.8 Å². The van der Waals surface area contributed by atoms with E-state index in [1.54, 1.807) is 12.4 Å². The highest BCUT2D eigenvalue weighted by Gasteiger charge is 2.31. The molecule has 0 amide bonds. The number of rotatable bonds is 6. The summed E-state index contributed by atoms with van der Waals surface area (Å²) < 4.78 is 7.78. The van der Waals surface area contributed by atoms with Gasteiger partial charge in [-0.15, -0.1) is 10.2 Å². The zero-order chi connectivity index (χ0) is 19.8. The number of pyridine rings is 1. The van der Waals surface area contributed by atoms with Crippen LogP contribution in [0.3, 0.4) is 0 Å². The maximum absolute atomic E-state index is 6.07. The molecule has 3 heterocycles. The molecule has 29 heavy (non-hydrogen) atoms. The Labute approximate surface area is 172 Å². The summed E-state index contributed by atoms with van der Waals surface area (Å²) in [6.07, 6.45) is 6.53. The first-order chi connectivity index (χ1) is 14.2. The van der Waals surface area contributed by atoms with E-state index < -0.39 is 0 Å². The Morgan fingerprint density at radius 2 is 1.97 bits per heavy atom. The zero-order valence-corrected chi connectivity index (χ0v) is 16.6. The molecule has 7 nitrogen and oxygen atoms in total. The summed E-state index contributed by atoms with van der Waals surface area (Å²) in [6, 6.07) is 11.8. The van der Waals surface area contributed by atoms with Crippen molar-refractivity contribution in [3.8, 4) is 22.8 Å². The van der Waals surface area contributed by atoms with Crippen molar-refractivity contribution in [1.29, 1.82) is 0 Å². The van der Waals surface area contributed by atoms with Gasteiger partial charge in [0.1, 0.15) is 5.82 Å². The highest BCUT2D eigenvalue weighted by Crippen LogP contribution is 2.39. The predicted molar refractivity (Wildman–Crippen MR) is 108 cm³/mol. The van der Waals surface area contributed by atoms with Crippen LogP contribution in [0.4, 0.5) is 0 Å². The smallest absolute Gasteiger partial charge is 0.230 e. The van der Waals surface area contributed by atoms with E-state index in [-0.39, 0.29) is 5.92 Å². The fourth-order valence-electron chi connectivity index (χ4n) is 3.42. The molecule has 0 saturated heterocycles. The second-order valence-electron chi connectivity index (χ2n) is 7.35. The second-order valence-corrected chi connectivity index (χ2v) is 7.79. The highest BCUT2D eigenvalue weighted by molar-refractivity contribution is 6.30. The van der Waals surface area contributed by atoms with E-state index in [0.29, 0.717) is 29.2 Å². The predicted octanol–water partition coefficient (Wildman–Crippen LogP) is 4.72. The van der Waals surface area contributed by atoms with Crippen LogP contribution in [0.2, 0.25) is 5.02 Å². The van der Waals surface area contributed by atoms with Crippen LogP contribution in [-0.2, 0) is 6.42 Å². The van der Waals surface area contributed by atoms with Crippen molar-refractivity contribution < 1.29 is 4.52 Å². The van der Waals surface area contributed by atoms with Crippen molar-refractivity contribution in [2.45, 2.75) is 38.1 Å². The van der Waals surface area contributed by atoms with E-state index in [1.807, 2.05) is 36.4 Å². The normalized spacial score (nSPS) is 14.8. The molecule has 4 aromatic rings. The molecular weight excluding hydrogens is 388 g/mol. The Morgan fingerprint density at radius 3 is 2.72 bits per heavy atom. The quantitative estimate of drug-likeness (QED) is 0.460. The van der Waals surface area contributed by atoms with Gasteiger partial charge in [0.15, 0.2) is 5.82 Å². The Kier molecular flexibility index (Phi) is 4.60. The third kappa shape index (κ3) is 3.65. The van der Waals surface area contributed by atoms with Gasteiger partial charge in [0.05, 0.1) is 0 Å². The van der Waals surface area contributed by atoms with Crippen molar-refractivity contribution in [3.05, 3.63) is 65.5 Å². The Hall–Kier alpha value is -3.06. The van der Waals surface area contributed by atoms with Crippen molar-refractivity contribution in [2.24, 2.45) is 0 Å². The number of hydrogen-bond acceptors (Lipinski definition) is 6. The molecule has 1 aliphatic rings. The lowest BCUT2D eigenvalue weighted by molar-refractivity contribution is 0.356. The van der Waals surface area contributed by atoms with Gasteiger partial charge in [-0.05, 0) is 37.1 Å². The lowest BCUT2D eigenvalue weighted by Crippen LogP contribution is -2.08. The Balaban J connectivity index is 1.40. The molecular formula is C21H19ClN6O. The summed E-state index contributed by atoms with van der Waals surface area (Å²) in [5.74, 6) is 2.96. The number of halogens is 1. The van der Waals surface area contributed by atoms with Gasteiger partial charge >= 0.3 is 0 Å². The maximum atomic E-state index is 6.07. The first-order valence-electron chi connectivity index (χ1n) is 9.63. The molecule has 0 bridgehead atoms. The van der Waals surface area contributed by atoms with Crippen LogP contribution < -0.4 is 0 Å². The number of nitrogens with zero attached hydrogens (tertiary/aromatic N) is 6. The van der Waals surface area contributed by atoms with Crippen LogP contribution >= 0.6 is 11.6 Å². The number of hydrogen-bond donors (Lipinski definition) is 0. The minimum absolute atomic E-state index is 0.0161. The fourth-order valence-corrected chi connectivity index (χ4v) is 3.61. The van der Waals surface area contributed by atoms with Crippen molar-refractivity contribution in [3.63, 3.8) is 0 Å². The standard InChI is InChI=1S/C21H19ClN6O/c1-13(21-24-19(27-29-21)15-3-2-4-16(22)12-15)11-18-25-26-20(28(18)17-5-6-17)14-7-9-23-10-8-14/h2-4,7-10,12-13,17H,5-6,11H2,1H3. The molecule has 1 saturated carbocycles. The molecule has 1 fully saturated rings. The minimum atomic E-state index is 0.0161. The average molecular weight is 407 g/mol. The topological polar surface area (TPSA) is 82.5 Å². The van der Waals surface area contributed by atoms with Crippen molar-refractivity contribution >= 4 is 11.6 Å². The summed E-state index contributed by atoms with van der Waals surface area (Å²) in [6.45, 7) is 2.06. The molecule has 1 unspecified atom stereocenters. The first kappa shape index (κ1) is 18.0.